The van der Waals surface area contributed by atoms with Crippen LogP contribution >= 0.6 is 24.0 Å². The molecule has 0 aliphatic carbocycles. The fourth-order valence-electron chi connectivity index (χ4n) is 2.98. The monoisotopic (exact) mass is 481 g/mol. The number of benzene rings is 1. The molecule has 8 heteroatoms. The van der Waals surface area contributed by atoms with Crippen LogP contribution in [-0.4, -0.2) is 45.8 Å². The summed E-state index contributed by atoms with van der Waals surface area (Å²) < 4.78 is 2.05. The predicted octanol–water partition coefficient (Wildman–Crippen LogP) is 2.79. The lowest BCUT2D eigenvalue weighted by Gasteiger charge is -2.11. The number of aliphatic imine (C=N–C) groups is 1. The second kappa shape index (κ2) is 10.3. The van der Waals surface area contributed by atoms with Gasteiger partial charge in [0.1, 0.15) is 5.82 Å². The smallest absolute Gasteiger partial charge is 0.190 e. The highest BCUT2D eigenvalue weighted by molar-refractivity contribution is 14.0. The molecule has 2 aromatic heterocycles. The predicted molar refractivity (Wildman–Crippen MR) is 121 cm³/mol. The maximum absolute atomic E-state index is 4.59. The molecule has 0 atom stereocenters. The average molecular weight is 481 g/mol. The summed E-state index contributed by atoms with van der Waals surface area (Å²) in [7, 11) is 1.79. The number of hydrogen-bond acceptors (Lipinski definition) is 3. The molecule has 3 N–H and O–H groups in total. The van der Waals surface area contributed by atoms with Crippen LogP contribution in [-0.2, 0) is 13.0 Å². The Hall–Kier alpha value is -2.10. The summed E-state index contributed by atoms with van der Waals surface area (Å²) >= 11 is 0. The third-order valence-electron chi connectivity index (χ3n) is 4.26. The van der Waals surface area contributed by atoms with E-state index in [2.05, 4.69) is 48.4 Å². The number of imidazole rings is 1. The summed E-state index contributed by atoms with van der Waals surface area (Å²) in [5.74, 6) is 1.80. The van der Waals surface area contributed by atoms with Crippen molar-refractivity contribution in [3.05, 3.63) is 47.5 Å². The van der Waals surface area contributed by atoms with Gasteiger partial charge in [0.25, 0.3) is 0 Å². The van der Waals surface area contributed by atoms with Crippen molar-refractivity contribution in [1.82, 2.24) is 30.4 Å². The maximum atomic E-state index is 4.59. The van der Waals surface area contributed by atoms with Crippen LogP contribution in [0.5, 0.6) is 0 Å². The van der Waals surface area contributed by atoms with E-state index in [1.165, 1.54) is 5.69 Å². The van der Waals surface area contributed by atoms with E-state index in [0.29, 0.717) is 0 Å². The first-order valence-electron chi connectivity index (χ1n) is 9.05. The second-order valence-electron chi connectivity index (χ2n) is 6.38. The first kappa shape index (κ1) is 21.2. The molecule has 0 saturated heterocycles. The van der Waals surface area contributed by atoms with Crippen molar-refractivity contribution >= 4 is 41.0 Å². The summed E-state index contributed by atoms with van der Waals surface area (Å²) in [6.07, 6.45) is 1.81. The summed E-state index contributed by atoms with van der Waals surface area (Å²) in [4.78, 5) is 12.2. The number of nitrogens with zero attached hydrogens (tertiary/aromatic N) is 4. The highest BCUT2D eigenvalue weighted by Gasteiger charge is 2.04. The Bertz CT molecular complexity index is 848. The lowest BCUT2D eigenvalue weighted by molar-refractivity contribution is 0.555. The number of fused-ring (bicyclic) bond motifs is 1. The van der Waals surface area contributed by atoms with Crippen molar-refractivity contribution in [2.75, 3.05) is 20.1 Å². The van der Waals surface area contributed by atoms with Crippen molar-refractivity contribution in [1.29, 1.82) is 0 Å². The number of rotatable bonds is 7. The van der Waals surface area contributed by atoms with Gasteiger partial charge in [0, 0.05) is 38.8 Å². The van der Waals surface area contributed by atoms with Crippen molar-refractivity contribution < 1.29 is 0 Å². The van der Waals surface area contributed by atoms with Crippen LogP contribution in [0.3, 0.4) is 0 Å². The van der Waals surface area contributed by atoms with Crippen LogP contribution in [0.25, 0.3) is 11.0 Å². The molecule has 0 fully saturated rings. The zero-order chi connectivity index (χ0) is 18.4. The van der Waals surface area contributed by atoms with Gasteiger partial charge in [0.05, 0.1) is 16.7 Å². The number of halogens is 1. The van der Waals surface area contributed by atoms with Crippen LogP contribution in [0.15, 0.2) is 35.3 Å². The average Bonchev–Trinajstić information content (AvgIpc) is 3.18. The normalized spacial score (nSPS) is 11.4. The van der Waals surface area contributed by atoms with E-state index < -0.39 is 0 Å². The molecule has 0 aliphatic heterocycles. The minimum absolute atomic E-state index is 0. The van der Waals surface area contributed by atoms with Gasteiger partial charge in [-0.25, -0.2) is 4.98 Å². The molecule has 0 unspecified atom stereocenters. The molecule has 0 amide bonds. The van der Waals surface area contributed by atoms with Crippen LogP contribution < -0.4 is 10.6 Å². The van der Waals surface area contributed by atoms with Crippen LogP contribution in [0.2, 0.25) is 0 Å². The minimum Gasteiger partial charge on any atom is -0.356 e. The molecule has 0 bridgehead atoms. The molecule has 0 radical (unpaired) electrons. The number of guanidine groups is 1. The lowest BCUT2D eigenvalue weighted by atomic mass is 10.3. The van der Waals surface area contributed by atoms with E-state index in [4.69, 9.17) is 0 Å². The number of aromatic amines is 1. The number of para-hydroxylation sites is 2. The minimum atomic E-state index is 0. The van der Waals surface area contributed by atoms with E-state index >= 15 is 0 Å². The number of hydrogen-bond donors (Lipinski definition) is 3. The van der Waals surface area contributed by atoms with Crippen LogP contribution in [0.4, 0.5) is 0 Å². The van der Waals surface area contributed by atoms with Gasteiger partial charge in [0.2, 0.25) is 0 Å². The van der Waals surface area contributed by atoms with E-state index in [0.717, 1.165) is 61.0 Å². The molecule has 3 aromatic rings. The largest absolute Gasteiger partial charge is 0.356 e. The molecule has 0 saturated carbocycles. The molecule has 1 aromatic carbocycles. The van der Waals surface area contributed by atoms with Gasteiger partial charge >= 0.3 is 0 Å². The van der Waals surface area contributed by atoms with Gasteiger partial charge < -0.3 is 15.6 Å². The van der Waals surface area contributed by atoms with E-state index in [1.807, 2.05) is 31.2 Å². The Morgan fingerprint density at radius 1 is 1.19 bits per heavy atom. The zero-order valence-corrected chi connectivity index (χ0v) is 18.4. The Kier molecular flexibility index (Phi) is 8.08. The molecule has 27 heavy (non-hydrogen) atoms. The number of aromatic nitrogens is 4. The van der Waals surface area contributed by atoms with Gasteiger partial charge in [-0.1, -0.05) is 12.1 Å². The molecule has 2 heterocycles. The van der Waals surface area contributed by atoms with Crippen LogP contribution in [0.1, 0.15) is 23.6 Å². The first-order chi connectivity index (χ1) is 12.7. The van der Waals surface area contributed by atoms with E-state index in [1.54, 1.807) is 7.05 Å². The first-order valence-corrected chi connectivity index (χ1v) is 9.05. The summed E-state index contributed by atoms with van der Waals surface area (Å²) in [5.41, 5.74) is 4.36. The Labute approximate surface area is 177 Å². The Balaban J connectivity index is 0.00000261. The third-order valence-corrected chi connectivity index (χ3v) is 4.26. The Morgan fingerprint density at radius 3 is 2.67 bits per heavy atom. The van der Waals surface area contributed by atoms with Crippen LogP contribution in [0, 0.1) is 13.8 Å². The van der Waals surface area contributed by atoms with Gasteiger partial charge in [-0.15, -0.1) is 24.0 Å². The highest BCUT2D eigenvalue weighted by atomic mass is 127. The number of nitrogens with one attached hydrogen (secondary N) is 3. The SMILES string of the molecule is CN=C(NCCCn1nc(C)cc1C)NCCc1nc2ccccc2[nH]1.I. The van der Waals surface area contributed by atoms with Crippen molar-refractivity contribution in [3.8, 4) is 0 Å². The molecule has 146 valence electrons. The topological polar surface area (TPSA) is 82.9 Å². The zero-order valence-electron chi connectivity index (χ0n) is 16.1. The van der Waals surface area contributed by atoms with Gasteiger partial charge in [-0.3, -0.25) is 9.67 Å². The van der Waals surface area contributed by atoms with Gasteiger partial charge in [-0.2, -0.15) is 5.10 Å². The van der Waals surface area contributed by atoms with E-state index in [9.17, 15) is 0 Å². The molecule has 3 rings (SSSR count). The Morgan fingerprint density at radius 2 is 1.96 bits per heavy atom. The molecule has 0 spiro atoms. The van der Waals surface area contributed by atoms with E-state index in [-0.39, 0.29) is 24.0 Å². The summed E-state index contributed by atoms with van der Waals surface area (Å²) in [6.45, 7) is 6.64. The van der Waals surface area contributed by atoms with Crippen molar-refractivity contribution in [2.45, 2.75) is 33.2 Å². The summed E-state index contributed by atoms with van der Waals surface area (Å²) in [5, 5.41) is 11.2. The fourth-order valence-corrected chi connectivity index (χ4v) is 2.98. The van der Waals surface area contributed by atoms with Gasteiger partial charge in [0.15, 0.2) is 5.96 Å². The third kappa shape index (κ3) is 5.95. The molecule has 7 nitrogen and oxygen atoms in total. The second-order valence-corrected chi connectivity index (χ2v) is 6.38. The molecule has 0 aliphatic rings. The standard InChI is InChI=1S/C19H27N7.HI/c1-14-13-15(2)26(25-14)12-6-10-21-19(20-3)22-11-9-18-23-16-7-4-5-8-17(16)24-18;/h4-5,7-8,13H,6,9-12H2,1-3H3,(H,23,24)(H2,20,21,22);1H. The fraction of sp³-hybridized carbons (Fsp3) is 0.421. The lowest BCUT2D eigenvalue weighted by Crippen LogP contribution is -2.39. The molecular formula is C19H28IN7. The maximum Gasteiger partial charge on any atom is 0.190 e. The van der Waals surface area contributed by atoms with Gasteiger partial charge in [-0.05, 0) is 38.5 Å². The highest BCUT2D eigenvalue weighted by Crippen LogP contribution is 2.10. The van der Waals surface area contributed by atoms with Crippen molar-refractivity contribution in [3.63, 3.8) is 0 Å². The van der Waals surface area contributed by atoms with Crippen molar-refractivity contribution in [2.24, 2.45) is 4.99 Å². The number of H-pyrrole nitrogens is 1. The molecular weight excluding hydrogens is 453 g/mol. The summed E-state index contributed by atoms with van der Waals surface area (Å²) in [6, 6.07) is 10.2. The quantitative estimate of drug-likeness (QED) is 0.210. The number of aryl methyl sites for hydroxylation is 3.